The number of carboxylic acid groups (broad SMARTS) is 1. The molecule has 0 spiro atoms. The highest BCUT2D eigenvalue weighted by atomic mass is 35.5. The second-order valence-corrected chi connectivity index (χ2v) is 7.98. The van der Waals surface area contributed by atoms with E-state index in [2.05, 4.69) is 0 Å². The molecule has 3 rings (SSSR count). The van der Waals surface area contributed by atoms with Gasteiger partial charge in [-0.3, -0.25) is 4.79 Å². The molecule has 3 aromatic rings. The minimum absolute atomic E-state index is 0.458. The molecule has 0 amide bonds. The van der Waals surface area contributed by atoms with Crippen LogP contribution < -0.4 is 4.74 Å². The summed E-state index contributed by atoms with van der Waals surface area (Å²) < 4.78 is 7.33. The Hall–Kier alpha value is -2.37. The number of nitrogens with zero attached hydrogens (tertiary/aromatic N) is 1. The monoisotopic (exact) mass is 429 g/mol. The average Bonchev–Trinajstić information content (AvgIpc) is 2.95. The molecule has 0 fully saturated rings. The largest absolute Gasteiger partial charge is 0.495 e. The van der Waals surface area contributed by atoms with Crippen molar-refractivity contribution < 1.29 is 14.6 Å². The van der Waals surface area contributed by atoms with Gasteiger partial charge in [0, 0.05) is 16.6 Å². The number of rotatable bonds is 6. The van der Waals surface area contributed by atoms with E-state index in [0.29, 0.717) is 22.2 Å². The third-order valence-electron chi connectivity index (χ3n) is 5.25. The first-order chi connectivity index (χ1) is 13.8. The Morgan fingerprint density at radius 2 is 1.90 bits per heavy atom. The van der Waals surface area contributed by atoms with Crippen molar-refractivity contribution in [3.05, 3.63) is 63.8 Å². The standard InChI is InChI=1S/C23H24ClNO3S/c1-5-6-16(23(26)27)21-14(3)25(22(29)15-9-7-13(2)8-10-15)19-12-18(24)20(28-4)11-17(19)21/h7-12,16H,5-6H2,1-4H3,(H,26,27). The van der Waals surface area contributed by atoms with Gasteiger partial charge in [-0.05, 0) is 38.0 Å². The second-order valence-electron chi connectivity index (χ2n) is 7.19. The van der Waals surface area contributed by atoms with Crippen LogP contribution in [0, 0.1) is 13.8 Å². The van der Waals surface area contributed by atoms with E-state index in [1.807, 2.05) is 55.7 Å². The number of benzene rings is 2. The average molecular weight is 430 g/mol. The van der Waals surface area contributed by atoms with Crippen LogP contribution in [0.4, 0.5) is 0 Å². The Bertz CT molecular complexity index is 1090. The lowest BCUT2D eigenvalue weighted by molar-refractivity contribution is -0.139. The van der Waals surface area contributed by atoms with Crippen LogP contribution in [0.25, 0.3) is 10.9 Å². The lowest BCUT2D eigenvalue weighted by Gasteiger charge is -2.14. The number of aromatic nitrogens is 1. The Morgan fingerprint density at radius 3 is 2.45 bits per heavy atom. The minimum Gasteiger partial charge on any atom is -0.495 e. The Kier molecular flexibility index (Phi) is 6.30. The Balaban J connectivity index is 2.33. The van der Waals surface area contributed by atoms with Crippen LogP contribution in [-0.2, 0) is 4.79 Å². The number of hydrogen-bond donors (Lipinski definition) is 1. The number of carbonyl (C=O) groups is 1. The Morgan fingerprint density at radius 1 is 1.24 bits per heavy atom. The molecule has 1 heterocycles. The molecule has 1 atom stereocenters. The van der Waals surface area contributed by atoms with E-state index in [9.17, 15) is 9.90 Å². The molecule has 0 radical (unpaired) electrons. The number of aryl methyl sites for hydroxylation is 1. The van der Waals surface area contributed by atoms with Crippen LogP contribution in [0.5, 0.6) is 5.75 Å². The number of hydrogen-bond acceptors (Lipinski definition) is 3. The van der Waals surface area contributed by atoms with Crippen LogP contribution in [0.1, 0.15) is 48.1 Å². The summed E-state index contributed by atoms with van der Waals surface area (Å²) in [6.07, 6.45) is 1.30. The van der Waals surface area contributed by atoms with Crippen molar-refractivity contribution in [2.75, 3.05) is 7.11 Å². The van der Waals surface area contributed by atoms with Gasteiger partial charge in [-0.15, -0.1) is 0 Å². The maximum absolute atomic E-state index is 12.1. The molecule has 1 N–H and O–H groups in total. The second kappa shape index (κ2) is 8.56. The van der Waals surface area contributed by atoms with Crippen molar-refractivity contribution in [3.63, 3.8) is 0 Å². The van der Waals surface area contributed by atoms with Gasteiger partial charge in [0.15, 0.2) is 0 Å². The number of fused-ring (bicyclic) bond motifs is 1. The maximum atomic E-state index is 12.1. The summed E-state index contributed by atoms with van der Waals surface area (Å²) >= 11 is 12.2. The summed E-state index contributed by atoms with van der Waals surface area (Å²) in [5.41, 5.74) is 4.41. The number of aliphatic carboxylic acids is 1. The molecule has 2 aromatic carbocycles. The predicted molar refractivity (Wildman–Crippen MR) is 122 cm³/mol. The van der Waals surface area contributed by atoms with E-state index in [4.69, 9.17) is 28.6 Å². The van der Waals surface area contributed by atoms with Gasteiger partial charge in [-0.2, -0.15) is 0 Å². The highest BCUT2D eigenvalue weighted by molar-refractivity contribution is 7.80. The lowest BCUT2D eigenvalue weighted by atomic mass is 9.92. The normalized spacial score (nSPS) is 12.2. The van der Waals surface area contributed by atoms with Gasteiger partial charge < -0.3 is 14.4 Å². The zero-order valence-corrected chi connectivity index (χ0v) is 18.5. The van der Waals surface area contributed by atoms with E-state index in [-0.39, 0.29) is 0 Å². The number of ether oxygens (including phenoxy) is 1. The van der Waals surface area contributed by atoms with E-state index < -0.39 is 11.9 Å². The van der Waals surface area contributed by atoms with E-state index in [0.717, 1.165) is 39.7 Å². The molecule has 152 valence electrons. The SMILES string of the molecule is CCCC(C(=O)O)c1c(C)n(C(=S)c2ccc(C)cc2)c2cc(Cl)c(OC)cc12. The highest BCUT2D eigenvalue weighted by Crippen LogP contribution is 2.39. The zero-order chi connectivity index (χ0) is 21.3. The first-order valence-corrected chi connectivity index (χ1v) is 10.3. The molecule has 0 aliphatic heterocycles. The summed E-state index contributed by atoms with van der Waals surface area (Å²) in [6.45, 7) is 5.93. The quantitative estimate of drug-likeness (QED) is 0.480. The Labute approximate surface area is 181 Å². The van der Waals surface area contributed by atoms with Gasteiger partial charge in [0.1, 0.15) is 10.7 Å². The molecule has 4 nitrogen and oxygen atoms in total. The molecule has 0 saturated heterocycles. The van der Waals surface area contributed by atoms with Gasteiger partial charge in [0.2, 0.25) is 0 Å². The molecule has 6 heteroatoms. The summed E-state index contributed by atoms with van der Waals surface area (Å²) in [6, 6.07) is 11.6. The molecule has 0 aliphatic carbocycles. The van der Waals surface area contributed by atoms with Crippen LogP contribution in [0.2, 0.25) is 5.02 Å². The molecule has 0 saturated carbocycles. The highest BCUT2D eigenvalue weighted by Gasteiger charge is 2.28. The van der Waals surface area contributed by atoms with Crippen LogP contribution >= 0.6 is 23.8 Å². The van der Waals surface area contributed by atoms with Crippen molar-refractivity contribution in [2.45, 2.75) is 39.5 Å². The summed E-state index contributed by atoms with van der Waals surface area (Å²) in [4.78, 5) is 12.7. The van der Waals surface area contributed by atoms with Crippen molar-refractivity contribution >= 4 is 45.7 Å². The van der Waals surface area contributed by atoms with E-state index >= 15 is 0 Å². The van der Waals surface area contributed by atoms with Crippen molar-refractivity contribution in [1.29, 1.82) is 0 Å². The zero-order valence-electron chi connectivity index (χ0n) is 17.0. The molecular formula is C23H24ClNO3S. The first kappa shape index (κ1) is 21.3. The van der Waals surface area contributed by atoms with Gasteiger partial charge in [0.05, 0.1) is 23.6 Å². The van der Waals surface area contributed by atoms with Crippen LogP contribution in [-0.4, -0.2) is 27.7 Å². The number of methoxy groups -OCH3 is 1. The third-order valence-corrected chi connectivity index (χ3v) is 5.97. The first-order valence-electron chi connectivity index (χ1n) is 9.52. The number of carboxylic acids is 1. The third kappa shape index (κ3) is 3.89. The van der Waals surface area contributed by atoms with Crippen LogP contribution in [0.15, 0.2) is 36.4 Å². The summed E-state index contributed by atoms with van der Waals surface area (Å²) in [7, 11) is 1.55. The smallest absolute Gasteiger partial charge is 0.311 e. The fourth-order valence-corrected chi connectivity index (χ4v) is 4.41. The number of thiocarbonyl (C=S) groups is 1. The minimum atomic E-state index is -0.843. The van der Waals surface area contributed by atoms with Gasteiger partial charge >= 0.3 is 5.97 Å². The van der Waals surface area contributed by atoms with Crippen LogP contribution in [0.3, 0.4) is 0 Å². The maximum Gasteiger partial charge on any atom is 0.311 e. The van der Waals surface area contributed by atoms with E-state index in [1.54, 1.807) is 13.2 Å². The lowest BCUT2D eigenvalue weighted by Crippen LogP contribution is -2.15. The molecule has 1 unspecified atom stereocenters. The number of halogens is 1. The molecule has 29 heavy (non-hydrogen) atoms. The fraction of sp³-hybridized carbons (Fsp3) is 0.304. The molecular weight excluding hydrogens is 406 g/mol. The molecule has 1 aromatic heterocycles. The van der Waals surface area contributed by atoms with Gasteiger partial charge in [-0.25, -0.2) is 0 Å². The van der Waals surface area contributed by atoms with Crippen molar-refractivity contribution in [2.24, 2.45) is 0 Å². The summed E-state index contributed by atoms with van der Waals surface area (Å²) in [5, 5.41) is 11.2. The molecule has 0 bridgehead atoms. The topological polar surface area (TPSA) is 51.5 Å². The van der Waals surface area contributed by atoms with Gasteiger partial charge in [-0.1, -0.05) is 67.0 Å². The molecule has 0 aliphatic rings. The van der Waals surface area contributed by atoms with Crippen molar-refractivity contribution in [1.82, 2.24) is 4.57 Å². The predicted octanol–water partition coefficient (Wildman–Crippen LogP) is 6.11. The van der Waals surface area contributed by atoms with E-state index in [1.165, 1.54) is 0 Å². The van der Waals surface area contributed by atoms with Gasteiger partial charge in [0.25, 0.3) is 0 Å². The van der Waals surface area contributed by atoms with Crippen molar-refractivity contribution in [3.8, 4) is 5.75 Å². The summed E-state index contributed by atoms with van der Waals surface area (Å²) in [5.74, 6) is -0.959. The fourth-order valence-electron chi connectivity index (χ4n) is 3.80.